The number of aromatic nitrogens is 7. The number of pyridine rings is 7. The fourth-order valence-corrected chi connectivity index (χ4v) is 9.38. The Bertz CT molecular complexity index is 3940. The van der Waals surface area contributed by atoms with Crippen LogP contribution in [-0.4, -0.2) is 34.9 Å². The van der Waals surface area contributed by atoms with Crippen molar-refractivity contribution < 1.29 is 0 Å². The highest BCUT2D eigenvalue weighted by Crippen LogP contribution is 2.25. The molecular weight excluding hydrogens is 1110 g/mol. The van der Waals surface area contributed by atoms with Gasteiger partial charge < -0.3 is 0 Å². The van der Waals surface area contributed by atoms with Gasteiger partial charge in [0, 0.05) is 91.2 Å². The second kappa shape index (κ2) is 36.0. The molecule has 7 heterocycles. The fourth-order valence-electron chi connectivity index (χ4n) is 9.38. The Hall–Kier alpha value is -11.4. The normalized spacial score (nSPS) is 9.92. The van der Waals surface area contributed by atoms with Gasteiger partial charge in [0.1, 0.15) is 0 Å². The Morgan fingerprint density at radius 2 is 0.549 bits per heavy atom. The maximum atomic E-state index is 4.44. The molecule has 0 spiro atoms. The van der Waals surface area contributed by atoms with Gasteiger partial charge in [0.15, 0.2) is 0 Å². The molecule has 7 nitrogen and oxygen atoms in total. The van der Waals surface area contributed by atoms with E-state index in [1.165, 1.54) is 106 Å². The van der Waals surface area contributed by atoms with Gasteiger partial charge in [0.25, 0.3) is 0 Å². The van der Waals surface area contributed by atoms with Gasteiger partial charge in [-0.1, -0.05) is 222 Å². The van der Waals surface area contributed by atoms with Crippen LogP contribution >= 0.6 is 0 Å². The summed E-state index contributed by atoms with van der Waals surface area (Å²) in [7, 11) is 0. The topological polar surface area (TPSA) is 90.2 Å². The van der Waals surface area contributed by atoms with Crippen LogP contribution in [0.2, 0.25) is 0 Å². The molecule has 0 bridgehead atoms. The first-order valence-electron chi connectivity index (χ1n) is 30.4. The molecule has 0 fully saturated rings. The van der Waals surface area contributed by atoms with Gasteiger partial charge in [0.05, 0.1) is 5.69 Å². The zero-order valence-electron chi connectivity index (χ0n) is 53.0. The Kier molecular flexibility index (Phi) is 26.0. The van der Waals surface area contributed by atoms with E-state index in [9.17, 15) is 0 Å². The van der Waals surface area contributed by atoms with Gasteiger partial charge in [-0.05, 0) is 188 Å². The van der Waals surface area contributed by atoms with E-state index in [1.54, 1.807) is 18.6 Å². The lowest BCUT2D eigenvalue weighted by Gasteiger charge is -2.03. The molecular formula is C84H77N7. The molecule has 0 aliphatic carbocycles. The van der Waals surface area contributed by atoms with Crippen molar-refractivity contribution in [3.63, 3.8) is 0 Å². The minimum Gasteiger partial charge on any atom is -0.265 e. The van der Waals surface area contributed by atoms with Crippen molar-refractivity contribution in [2.75, 3.05) is 0 Å². The molecule has 0 N–H and O–H groups in total. The summed E-state index contributed by atoms with van der Waals surface area (Å²) >= 11 is 0. The highest BCUT2D eigenvalue weighted by molar-refractivity contribution is 5.68. The molecule has 14 aromatic rings. The predicted molar refractivity (Wildman–Crippen MR) is 381 cm³/mol. The lowest BCUT2D eigenvalue weighted by molar-refractivity contribution is 1.21. The van der Waals surface area contributed by atoms with Crippen LogP contribution in [-0.2, 0) is 0 Å². The molecule has 0 aliphatic heterocycles. The van der Waals surface area contributed by atoms with E-state index < -0.39 is 0 Å². The van der Waals surface area contributed by atoms with Crippen LogP contribution < -0.4 is 0 Å². The molecule has 14 rings (SSSR count). The van der Waals surface area contributed by atoms with Gasteiger partial charge in [-0.25, -0.2) is 0 Å². The van der Waals surface area contributed by atoms with Crippen LogP contribution in [0, 0.1) is 48.5 Å². The minimum atomic E-state index is 1.04. The number of nitrogens with zero attached hydrogens (tertiary/aromatic N) is 7. The summed E-state index contributed by atoms with van der Waals surface area (Å²) in [4.78, 5) is 28.7. The zero-order chi connectivity index (χ0) is 63.7. The third-order valence-corrected chi connectivity index (χ3v) is 14.4. The quantitative estimate of drug-likeness (QED) is 0.157. The molecule has 7 aromatic carbocycles. The first-order chi connectivity index (χ1) is 44.6. The van der Waals surface area contributed by atoms with Crippen LogP contribution in [0.4, 0.5) is 0 Å². The van der Waals surface area contributed by atoms with E-state index in [-0.39, 0.29) is 0 Å². The summed E-state index contributed by atoms with van der Waals surface area (Å²) in [5.74, 6) is 0. The second-order valence-corrected chi connectivity index (χ2v) is 21.6. The number of benzene rings is 7. The van der Waals surface area contributed by atoms with E-state index in [0.29, 0.717) is 0 Å². The fraction of sp³-hybridized carbons (Fsp3) is 0.0833. The van der Waals surface area contributed by atoms with Crippen molar-refractivity contribution in [1.82, 2.24) is 34.9 Å². The molecule has 0 saturated heterocycles. The molecule has 0 radical (unpaired) electrons. The van der Waals surface area contributed by atoms with Gasteiger partial charge in [-0.15, -0.1) is 0 Å². The maximum Gasteiger partial charge on any atom is 0.0705 e. The van der Waals surface area contributed by atoms with Crippen molar-refractivity contribution in [2.45, 2.75) is 48.5 Å². The molecule has 0 saturated carbocycles. The van der Waals surface area contributed by atoms with Crippen molar-refractivity contribution in [3.05, 3.63) is 380 Å². The molecule has 0 unspecified atom stereocenters. The van der Waals surface area contributed by atoms with Crippen LogP contribution in [0.5, 0.6) is 0 Å². The van der Waals surface area contributed by atoms with Crippen LogP contribution in [0.1, 0.15) is 39.1 Å². The Morgan fingerprint density at radius 1 is 0.198 bits per heavy atom. The monoisotopic (exact) mass is 1180 g/mol. The highest BCUT2D eigenvalue weighted by atomic mass is 14.7. The summed E-state index contributed by atoms with van der Waals surface area (Å²) in [5, 5.41) is 0. The number of aryl methyl sites for hydroxylation is 7. The van der Waals surface area contributed by atoms with Gasteiger partial charge in [-0.3, -0.25) is 34.9 Å². The minimum absolute atomic E-state index is 1.04. The summed E-state index contributed by atoms with van der Waals surface area (Å²) in [5.41, 5.74) is 25.7. The SMILES string of the molecule is Cc1ccc(-c2cccnc2)cc1.Cc1ccc(-c2cccnc2)cc1.Cc1ccc(-c2ccncc2)cc1.Cc1cccc(-c2ccccc2)n1.Cc1cccc(-c2ccncc2)c1.Cc1ccccc1-c1cccnc1.Cc1ccccc1-c1ccncc1. The highest BCUT2D eigenvalue weighted by Gasteiger charge is 2.02. The van der Waals surface area contributed by atoms with E-state index >= 15 is 0 Å². The number of rotatable bonds is 7. The number of hydrogen-bond acceptors (Lipinski definition) is 7. The van der Waals surface area contributed by atoms with Gasteiger partial charge in [-0.2, -0.15) is 0 Å². The Morgan fingerprint density at radius 3 is 0.967 bits per heavy atom. The summed E-state index contributed by atoms with van der Waals surface area (Å²) in [6, 6.07) is 91.1. The van der Waals surface area contributed by atoms with Crippen molar-refractivity contribution >= 4 is 0 Å². The van der Waals surface area contributed by atoms with E-state index in [4.69, 9.17) is 0 Å². The summed E-state index contributed by atoms with van der Waals surface area (Å²) in [6.45, 7) is 14.6. The lowest BCUT2D eigenvalue weighted by atomic mass is 10.0. The molecule has 448 valence electrons. The molecule has 7 heteroatoms. The Labute approximate surface area is 538 Å². The van der Waals surface area contributed by atoms with Crippen molar-refractivity contribution in [3.8, 4) is 78.0 Å². The third kappa shape index (κ3) is 22.1. The Balaban J connectivity index is 0.000000137. The zero-order valence-corrected chi connectivity index (χ0v) is 53.0. The summed E-state index contributed by atoms with van der Waals surface area (Å²) in [6.07, 6.45) is 21.9. The molecule has 0 aliphatic rings. The molecule has 0 atom stereocenters. The average molecular weight is 1180 g/mol. The molecule has 7 aromatic heterocycles. The standard InChI is InChI=1S/7C12H11N/c1-10-2-4-11(5-3-10)12-6-8-13-9-7-12;2*1-10-4-6-11(7-5-10)12-3-2-8-13-9-12;1-10-5-2-3-7-12(10)11-6-4-8-13-9-11;1-10-3-2-4-12(9-10)11-5-7-13-8-6-11;1-10-6-5-9-12(13-10)11-7-3-2-4-8-11;1-10-4-2-3-5-12(10)11-6-8-13-9-7-11/h7*2-9H,1H3. The van der Waals surface area contributed by atoms with Gasteiger partial charge >= 0.3 is 0 Å². The molecule has 91 heavy (non-hydrogen) atoms. The first kappa shape index (κ1) is 65.6. The number of hydrogen-bond donors (Lipinski definition) is 0. The van der Waals surface area contributed by atoms with Crippen LogP contribution in [0.15, 0.2) is 341 Å². The maximum absolute atomic E-state index is 4.44. The second-order valence-electron chi connectivity index (χ2n) is 21.6. The lowest BCUT2D eigenvalue weighted by Crippen LogP contribution is -1.84. The smallest absolute Gasteiger partial charge is 0.0705 e. The van der Waals surface area contributed by atoms with Crippen LogP contribution in [0.3, 0.4) is 0 Å². The first-order valence-corrected chi connectivity index (χ1v) is 30.4. The average Bonchev–Trinajstić information content (AvgIpc) is 3.82. The van der Waals surface area contributed by atoms with Gasteiger partial charge in [0.2, 0.25) is 0 Å². The van der Waals surface area contributed by atoms with Crippen LogP contribution in [0.25, 0.3) is 78.0 Å². The van der Waals surface area contributed by atoms with E-state index in [0.717, 1.165) is 11.4 Å². The van der Waals surface area contributed by atoms with Crippen molar-refractivity contribution in [1.29, 1.82) is 0 Å². The van der Waals surface area contributed by atoms with E-state index in [1.807, 2.05) is 154 Å². The third-order valence-electron chi connectivity index (χ3n) is 14.4. The summed E-state index contributed by atoms with van der Waals surface area (Å²) < 4.78 is 0. The van der Waals surface area contributed by atoms with Crippen molar-refractivity contribution in [2.24, 2.45) is 0 Å². The van der Waals surface area contributed by atoms with E-state index in [2.05, 4.69) is 252 Å². The molecule has 0 amide bonds. The largest absolute Gasteiger partial charge is 0.265 e. The predicted octanol–water partition coefficient (Wildman–Crippen LogP) is 21.4.